The van der Waals surface area contributed by atoms with E-state index in [-0.39, 0.29) is 25.0 Å². The largest absolute Gasteiger partial charge is 0.494 e. The maximum Gasteiger partial charge on any atom is 0.237 e. The number of hydrogen-bond donors (Lipinski definition) is 1. The average Bonchev–Trinajstić information content (AvgIpc) is 2.97. The lowest BCUT2D eigenvalue weighted by atomic mass is 10.0. The van der Waals surface area contributed by atoms with E-state index in [1.165, 1.54) is 0 Å². The molecule has 0 saturated carbocycles. The molecule has 1 atom stereocenters. The van der Waals surface area contributed by atoms with Crippen molar-refractivity contribution in [1.82, 2.24) is 9.80 Å². The summed E-state index contributed by atoms with van der Waals surface area (Å²) in [5.74, 6) is 0.447. The standard InChI is InChI=1S/C17H25N3O3/c1-3-23-14-8-6-13(7-9-14)15-5-4-10-20(15)17(22)12-19(2)11-16(18)21/h6-9,15H,3-5,10-12H2,1-2H3,(H2,18,21)/t15-/m1/s1. The fourth-order valence-corrected chi connectivity index (χ4v) is 3.01. The molecular formula is C17H25N3O3. The van der Waals surface area contributed by atoms with E-state index >= 15 is 0 Å². The smallest absolute Gasteiger partial charge is 0.237 e. The Morgan fingerprint density at radius 2 is 2.00 bits per heavy atom. The van der Waals surface area contributed by atoms with Crippen molar-refractivity contribution in [1.29, 1.82) is 0 Å². The van der Waals surface area contributed by atoms with E-state index in [4.69, 9.17) is 10.5 Å². The summed E-state index contributed by atoms with van der Waals surface area (Å²) >= 11 is 0. The molecule has 2 rings (SSSR count). The van der Waals surface area contributed by atoms with Gasteiger partial charge in [0.25, 0.3) is 0 Å². The SMILES string of the molecule is CCOc1ccc([C@H]2CCCN2C(=O)CN(C)CC(N)=O)cc1. The van der Waals surface area contributed by atoms with Crippen LogP contribution in [0.25, 0.3) is 0 Å². The number of benzene rings is 1. The number of carbonyl (C=O) groups excluding carboxylic acids is 2. The zero-order valence-electron chi connectivity index (χ0n) is 13.8. The van der Waals surface area contributed by atoms with Gasteiger partial charge in [0.2, 0.25) is 11.8 Å². The molecule has 6 nitrogen and oxygen atoms in total. The van der Waals surface area contributed by atoms with Crippen LogP contribution < -0.4 is 10.5 Å². The molecule has 1 saturated heterocycles. The fraction of sp³-hybridized carbons (Fsp3) is 0.529. The Balaban J connectivity index is 2.01. The van der Waals surface area contributed by atoms with Gasteiger partial charge in [0, 0.05) is 6.54 Å². The summed E-state index contributed by atoms with van der Waals surface area (Å²) in [4.78, 5) is 27.0. The highest BCUT2D eigenvalue weighted by molar-refractivity contribution is 5.81. The van der Waals surface area contributed by atoms with Crippen molar-refractivity contribution in [2.75, 3.05) is 33.3 Å². The van der Waals surface area contributed by atoms with E-state index in [0.717, 1.165) is 30.7 Å². The number of likely N-dealkylation sites (tertiary alicyclic amines) is 1. The van der Waals surface area contributed by atoms with Gasteiger partial charge in [0.15, 0.2) is 0 Å². The van der Waals surface area contributed by atoms with Crippen LogP contribution in [0.1, 0.15) is 31.4 Å². The van der Waals surface area contributed by atoms with E-state index < -0.39 is 5.91 Å². The molecule has 0 unspecified atom stereocenters. The number of amides is 2. The first kappa shape index (κ1) is 17.3. The van der Waals surface area contributed by atoms with Gasteiger partial charge in [0.1, 0.15) is 5.75 Å². The molecule has 1 aromatic rings. The molecule has 1 aliphatic heterocycles. The first-order valence-electron chi connectivity index (χ1n) is 8.00. The van der Waals surface area contributed by atoms with Gasteiger partial charge in [-0.05, 0) is 44.5 Å². The molecule has 0 radical (unpaired) electrons. The van der Waals surface area contributed by atoms with Gasteiger partial charge >= 0.3 is 0 Å². The van der Waals surface area contributed by atoms with Crippen LogP contribution >= 0.6 is 0 Å². The predicted octanol–water partition coefficient (Wildman–Crippen LogP) is 1.17. The molecule has 0 bridgehead atoms. The Bertz CT molecular complexity index is 545. The Hall–Kier alpha value is -2.08. The molecule has 1 fully saturated rings. The third-order valence-corrected chi connectivity index (χ3v) is 3.98. The van der Waals surface area contributed by atoms with Crippen LogP contribution in [0.15, 0.2) is 24.3 Å². The van der Waals surface area contributed by atoms with Crippen molar-refractivity contribution >= 4 is 11.8 Å². The summed E-state index contributed by atoms with van der Waals surface area (Å²) in [5, 5.41) is 0. The molecule has 1 heterocycles. The zero-order valence-corrected chi connectivity index (χ0v) is 13.8. The lowest BCUT2D eigenvalue weighted by Crippen LogP contribution is -2.41. The Labute approximate surface area is 137 Å². The van der Waals surface area contributed by atoms with Gasteiger partial charge in [-0.15, -0.1) is 0 Å². The number of hydrogen-bond acceptors (Lipinski definition) is 4. The minimum atomic E-state index is -0.426. The van der Waals surface area contributed by atoms with E-state index in [2.05, 4.69) is 0 Å². The van der Waals surface area contributed by atoms with Crippen LogP contribution in [0.2, 0.25) is 0 Å². The lowest BCUT2D eigenvalue weighted by Gasteiger charge is -2.27. The van der Waals surface area contributed by atoms with Crippen molar-refractivity contribution in [3.63, 3.8) is 0 Å². The summed E-state index contributed by atoms with van der Waals surface area (Å²) < 4.78 is 5.46. The number of ether oxygens (including phenoxy) is 1. The first-order valence-corrected chi connectivity index (χ1v) is 8.00. The lowest BCUT2D eigenvalue weighted by molar-refractivity contribution is -0.133. The number of carbonyl (C=O) groups is 2. The maximum absolute atomic E-state index is 12.5. The molecule has 2 amide bonds. The van der Waals surface area contributed by atoms with Crippen LogP contribution in [-0.2, 0) is 9.59 Å². The number of nitrogens with zero attached hydrogens (tertiary/aromatic N) is 2. The van der Waals surface area contributed by atoms with Crippen molar-refractivity contribution in [2.45, 2.75) is 25.8 Å². The summed E-state index contributed by atoms with van der Waals surface area (Å²) in [6.07, 6.45) is 1.95. The molecule has 1 aliphatic rings. The minimum absolute atomic E-state index is 0.0325. The molecule has 126 valence electrons. The monoisotopic (exact) mass is 319 g/mol. The second kappa shape index (κ2) is 7.97. The number of likely N-dealkylation sites (N-methyl/N-ethyl adjacent to an activating group) is 1. The van der Waals surface area contributed by atoms with E-state index in [0.29, 0.717) is 6.61 Å². The van der Waals surface area contributed by atoms with E-state index in [1.54, 1.807) is 11.9 Å². The Morgan fingerprint density at radius 3 is 2.61 bits per heavy atom. The molecule has 23 heavy (non-hydrogen) atoms. The van der Waals surface area contributed by atoms with Gasteiger partial charge in [-0.25, -0.2) is 0 Å². The third kappa shape index (κ3) is 4.69. The number of nitrogens with two attached hydrogens (primary N) is 1. The Kier molecular flexibility index (Phi) is 5.98. The quantitative estimate of drug-likeness (QED) is 0.818. The molecule has 2 N–H and O–H groups in total. The molecule has 0 spiro atoms. The maximum atomic E-state index is 12.5. The van der Waals surface area contributed by atoms with Gasteiger partial charge in [-0.1, -0.05) is 12.1 Å². The van der Waals surface area contributed by atoms with E-state index in [1.807, 2.05) is 36.1 Å². The molecule has 1 aromatic carbocycles. The highest BCUT2D eigenvalue weighted by atomic mass is 16.5. The topological polar surface area (TPSA) is 75.9 Å². The number of rotatable bonds is 7. The average molecular weight is 319 g/mol. The molecule has 0 aliphatic carbocycles. The summed E-state index contributed by atoms with van der Waals surface area (Å²) in [6.45, 7) is 3.64. The van der Waals surface area contributed by atoms with Gasteiger partial charge < -0.3 is 15.4 Å². The van der Waals surface area contributed by atoms with Gasteiger partial charge in [0.05, 0.1) is 25.7 Å². The number of primary amides is 1. The second-order valence-electron chi connectivity index (χ2n) is 5.89. The van der Waals surface area contributed by atoms with Crippen molar-refractivity contribution < 1.29 is 14.3 Å². The fourth-order valence-electron chi connectivity index (χ4n) is 3.01. The summed E-state index contributed by atoms with van der Waals surface area (Å²) in [5.41, 5.74) is 6.28. The van der Waals surface area contributed by atoms with Gasteiger partial charge in [-0.2, -0.15) is 0 Å². The van der Waals surface area contributed by atoms with E-state index in [9.17, 15) is 9.59 Å². The van der Waals surface area contributed by atoms with Crippen molar-refractivity contribution in [3.05, 3.63) is 29.8 Å². The van der Waals surface area contributed by atoms with Crippen molar-refractivity contribution in [3.8, 4) is 5.75 Å². The summed E-state index contributed by atoms with van der Waals surface area (Å²) in [7, 11) is 1.73. The highest BCUT2D eigenvalue weighted by Gasteiger charge is 2.30. The van der Waals surface area contributed by atoms with Crippen LogP contribution in [0, 0.1) is 0 Å². The van der Waals surface area contributed by atoms with Crippen molar-refractivity contribution in [2.24, 2.45) is 5.73 Å². The van der Waals surface area contributed by atoms with Crippen LogP contribution in [0.3, 0.4) is 0 Å². The first-order chi connectivity index (χ1) is 11.0. The molecule has 6 heteroatoms. The Morgan fingerprint density at radius 1 is 1.30 bits per heavy atom. The normalized spacial score (nSPS) is 17.5. The van der Waals surface area contributed by atoms with Gasteiger partial charge in [-0.3, -0.25) is 14.5 Å². The zero-order chi connectivity index (χ0) is 16.8. The highest BCUT2D eigenvalue weighted by Crippen LogP contribution is 2.32. The molecular weight excluding hydrogens is 294 g/mol. The second-order valence-corrected chi connectivity index (χ2v) is 5.89. The predicted molar refractivity (Wildman–Crippen MR) is 88.0 cm³/mol. The summed E-state index contributed by atoms with van der Waals surface area (Å²) in [6, 6.07) is 8.03. The van der Waals surface area contributed by atoms with Crippen LogP contribution in [-0.4, -0.2) is 54.9 Å². The minimum Gasteiger partial charge on any atom is -0.494 e. The van der Waals surface area contributed by atoms with Crippen LogP contribution in [0.5, 0.6) is 5.75 Å². The van der Waals surface area contributed by atoms with Crippen LogP contribution in [0.4, 0.5) is 0 Å². The third-order valence-electron chi connectivity index (χ3n) is 3.98. The molecule has 0 aromatic heterocycles.